The van der Waals surface area contributed by atoms with Gasteiger partial charge in [-0.15, -0.1) is 0 Å². The monoisotopic (exact) mass is 905 g/mol. The fourth-order valence-corrected chi connectivity index (χ4v) is 9.53. The number of phenols is 2. The van der Waals surface area contributed by atoms with Crippen LogP contribution < -0.4 is 14.1 Å². The maximum atomic E-state index is 14.2. The third-order valence-corrected chi connectivity index (χ3v) is 12.9. The van der Waals surface area contributed by atoms with Gasteiger partial charge in [0.2, 0.25) is 10.0 Å². The lowest BCUT2D eigenvalue weighted by Gasteiger charge is -2.33. The zero-order chi connectivity index (χ0) is 47.1. The highest BCUT2D eigenvalue weighted by Crippen LogP contribution is 2.41. The molecule has 0 aromatic heterocycles. The molecule has 2 N–H and O–H groups in total. The second-order valence-electron chi connectivity index (χ2n) is 16.7. The first kappa shape index (κ1) is 45.6. The normalized spacial score (nSPS) is 11.2. The van der Waals surface area contributed by atoms with Gasteiger partial charge in [-0.25, -0.2) is 12.7 Å². The first-order valence-corrected chi connectivity index (χ1v) is 23.8. The molecule has 0 spiro atoms. The van der Waals surface area contributed by atoms with Gasteiger partial charge in [-0.1, -0.05) is 121 Å². The van der Waals surface area contributed by atoms with E-state index in [0.717, 1.165) is 44.8 Å². The minimum absolute atomic E-state index is 0.0948. The zero-order valence-corrected chi connectivity index (χ0v) is 38.4. The van der Waals surface area contributed by atoms with Gasteiger partial charge in [-0.3, -0.25) is 9.59 Å². The number of aromatic hydroxyl groups is 2. The summed E-state index contributed by atoms with van der Waals surface area (Å²) in [6.45, 7) is 5.93. The Bertz CT molecular complexity index is 2910. The molecule has 8 rings (SSSR count). The molecule has 0 atom stereocenters. The summed E-state index contributed by atoms with van der Waals surface area (Å²) in [5, 5.41) is 19.4. The lowest BCUT2D eigenvalue weighted by molar-refractivity contribution is 0.103. The summed E-state index contributed by atoms with van der Waals surface area (Å²) in [7, 11) is -3.91. The zero-order valence-electron chi connectivity index (χ0n) is 37.6. The predicted octanol–water partition coefficient (Wildman–Crippen LogP) is 11.7. The minimum atomic E-state index is -3.91. The van der Waals surface area contributed by atoms with Crippen LogP contribution in [0.4, 0.5) is 22.7 Å². The van der Waals surface area contributed by atoms with Crippen LogP contribution in [0.25, 0.3) is 0 Å². The summed E-state index contributed by atoms with van der Waals surface area (Å²) in [5.74, 6) is -0.0989. The van der Waals surface area contributed by atoms with Crippen molar-refractivity contribution >= 4 is 44.3 Å². The third-order valence-electron chi connectivity index (χ3n) is 11.9. The van der Waals surface area contributed by atoms with Crippen molar-refractivity contribution in [2.45, 2.75) is 40.0 Å². The number of anilines is 4. The van der Waals surface area contributed by atoms with Gasteiger partial charge in [-0.2, -0.15) is 0 Å². The second kappa shape index (κ2) is 20.1. The number of sulfonamides is 1. The number of carbonyl (C=O) groups is 2. The van der Waals surface area contributed by atoms with Crippen molar-refractivity contribution in [2.24, 2.45) is 0 Å². The van der Waals surface area contributed by atoms with Crippen molar-refractivity contribution in [3.05, 3.63) is 250 Å². The highest BCUT2D eigenvalue weighted by Gasteiger charge is 2.27. The Labute approximate surface area is 392 Å². The van der Waals surface area contributed by atoms with Crippen molar-refractivity contribution in [2.75, 3.05) is 20.4 Å². The van der Waals surface area contributed by atoms with Crippen LogP contribution in [-0.4, -0.2) is 36.5 Å². The van der Waals surface area contributed by atoms with Gasteiger partial charge in [-0.05, 0) is 120 Å². The molecule has 67 heavy (non-hydrogen) atoms. The standard InChI is InChI=1S/C57H51N3O6S/c1-40-52(58(36-42-12-6-4-7-13-42)38-44-20-24-46(25-21-44)56(63)48-28-32-50(61)33-29-48)16-10-18-54(40)60(67(3,65)66)55-19-11-17-53(41(55)2)59(37-43-14-8-5-9-15-43)39-45-22-26-47(27-23-45)57(64)49-30-34-51(62)35-31-49/h4-35,61-62H,36-39H2,1-3H3. The largest absolute Gasteiger partial charge is 0.508 e. The molecule has 0 saturated heterocycles. The molecule has 0 unspecified atom stereocenters. The van der Waals surface area contributed by atoms with E-state index in [1.54, 1.807) is 24.3 Å². The molecule has 0 fully saturated rings. The van der Waals surface area contributed by atoms with E-state index in [-0.39, 0.29) is 23.1 Å². The molecule has 0 amide bonds. The van der Waals surface area contributed by atoms with E-state index in [1.165, 1.54) is 34.8 Å². The summed E-state index contributed by atoms with van der Waals surface area (Å²) in [4.78, 5) is 31.0. The SMILES string of the molecule is Cc1c(N(Cc2ccccc2)Cc2ccc(C(=O)c3ccc(O)cc3)cc2)cccc1N(c1cccc(N(Cc2ccccc2)Cc2ccc(C(=O)c3ccc(O)cc3)cc2)c1C)S(C)(=O)=O. The van der Waals surface area contributed by atoms with E-state index in [2.05, 4.69) is 34.1 Å². The molecule has 8 aromatic rings. The molecule has 0 bridgehead atoms. The molecular weight excluding hydrogens is 855 g/mol. The number of carbonyl (C=O) groups excluding carboxylic acids is 2. The summed E-state index contributed by atoms with van der Waals surface area (Å²) >= 11 is 0. The highest BCUT2D eigenvalue weighted by molar-refractivity contribution is 7.92. The van der Waals surface area contributed by atoms with Crippen LogP contribution in [0.3, 0.4) is 0 Å². The topological polar surface area (TPSA) is 118 Å². The lowest BCUT2D eigenvalue weighted by Crippen LogP contribution is -2.29. The summed E-state index contributed by atoms with van der Waals surface area (Å²) in [6, 6.07) is 59.1. The maximum absolute atomic E-state index is 14.2. The van der Waals surface area contributed by atoms with Crippen LogP contribution in [0.1, 0.15) is 65.2 Å². The van der Waals surface area contributed by atoms with Gasteiger partial charge in [0.15, 0.2) is 11.6 Å². The first-order valence-electron chi connectivity index (χ1n) is 21.9. The van der Waals surface area contributed by atoms with Gasteiger partial charge in [0.1, 0.15) is 11.5 Å². The van der Waals surface area contributed by atoms with Gasteiger partial charge >= 0.3 is 0 Å². The highest BCUT2D eigenvalue weighted by atomic mass is 32.2. The number of phenolic OH excluding ortho intramolecular Hbond substituents is 2. The van der Waals surface area contributed by atoms with E-state index in [0.29, 0.717) is 59.8 Å². The van der Waals surface area contributed by atoms with E-state index in [1.807, 2.05) is 135 Å². The smallest absolute Gasteiger partial charge is 0.236 e. The van der Waals surface area contributed by atoms with Crippen molar-refractivity contribution in [3.8, 4) is 11.5 Å². The lowest BCUT2D eigenvalue weighted by atomic mass is 10.0. The molecule has 0 radical (unpaired) electrons. The third kappa shape index (κ3) is 10.8. The number of benzene rings is 8. The average molecular weight is 906 g/mol. The molecule has 0 aliphatic heterocycles. The second-order valence-corrected chi connectivity index (χ2v) is 18.5. The number of rotatable bonds is 17. The average Bonchev–Trinajstić information content (AvgIpc) is 3.33. The fourth-order valence-electron chi connectivity index (χ4n) is 8.42. The van der Waals surface area contributed by atoms with Gasteiger partial charge in [0.25, 0.3) is 0 Å². The molecule has 8 aromatic carbocycles. The van der Waals surface area contributed by atoms with Gasteiger partial charge < -0.3 is 20.0 Å². The summed E-state index contributed by atoms with van der Waals surface area (Å²) in [6.07, 6.45) is 1.23. The molecular formula is C57H51N3O6S. The summed E-state index contributed by atoms with van der Waals surface area (Å²) < 4.78 is 29.8. The van der Waals surface area contributed by atoms with Crippen molar-refractivity contribution in [1.82, 2.24) is 0 Å². The molecule has 10 heteroatoms. The molecule has 0 heterocycles. The van der Waals surface area contributed by atoms with Crippen LogP contribution in [0.2, 0.25) is 0 Å². The van der Waals surface area contributed by atoms with E-state index in [4.69, 9.17) is 0 Å². The molecule has 9 nitrogen and oxygen atoms in total. The predicted molar refractivity (Wildman–Crippen MR) is 268 cm³/mol. The first-order chi connectivity index (χ1) is 32.3. The van der Waals surface area contributed by atoms with Crippen LogP contribution >= 0.6 is 0 Å². The van der Waals surface area contributed by atoms with Crippen molar-refractivity contribution < 1.29 is 28.2 Å². The van der Waals surface area contributed by atoms with E-state index < -0.39 is 10.0 Å². The van der Waals surface area contributed by atoms with E-state index in [9.17, 15) is 28.2 Å². The van der Waals surface area contributed by atoms with Gasteiger partial charge in [0.05, 0.1) is 17.6 Å². The molecule has 0 aliphatic rings. The van der Waals surface area contributed by atoms with Crippen LogP contribution in [-0.2, 0) is 36.2 Å². The number of nitrogens with zero attached hydrogens (tertiary/aromatic N) is 3. The Morgan fingerprint density at radius 2 is 0.672 bits per heavy atom. The Hall–Kier alpha value is -7.95. The van der Waals surface area contributed by atoms with Crippen LogP contribution in [0.5, 0.6) is 11.5 Å². The fraction of sp³-hybridized carbons (Fsp3) is 0.123. The molecule has 0 aliphatic carbocycles. The summed E-state index contributed by atoms with van der Waals surface area (Å²) in [5.41, 5.74) is 10.4. The Morgan fingerprint density at radius 3 is 0.985 bits per heavy atom. The van der Waals surface area contributed by atoms with Crippen LogP contribution in [0, 0.1) is 13.8 Å². The van der Waals surface area contributed by atoms with Crippen molar-refractivity contribution in [1.29, 1.82) is 0 Å². The van der Waals surface area contributed by atoms with Gasteiger partial charge in [0, 0.05) is 59.8 Å². The number of hydrogen-bond donors (Lipinski definition) is 2. The van der Waals surface area contributed by atoms with E-state index >= 15 is 0 Å². The Kier molecular flexibility index (Phi) is 13.7. The minimum Gasteiger partial charge on any atom is -0.508 e. The molecule has 0 saturated carbocycles. The van der Waals surface area contributed by atoms with Crippen molar-refractivity contribution in [3.63, 3.8) is 0 Å². The number of ketones is 2. The quantitative estimate of drug-likeness (QED) is 0.0867. The van der Waals surface area contributed by atoms with Crippen LogP contribution in [0.15, 0.2) is 194 Å². The Balaban J connectivity index is 1.13. The maximum Gasteiger partial charge on any atom is 0.236 e. The Morgan fingerprint density at radius 1 is 0.388 bits per heavy atom. The number of hydrogen-bond acceptors (Lipinski definition) is 8. The molecule has 336 valence electrons.